The number of hydrogen-bond donors (Lipinski definition) is 0. The molecule has 0 bridgehead atoms. The Morgan fingerprint density at radius 2 is 1.30 bits per heavy atom. The predicted molar refractivity (Wildman–Crippen MR) is 80.2 cm³/mol. The highest BCUT2D eigenvalue weighted by atomic mass is 16.6. The zero-order chi connectivity index (χ0) is 15.6. The summed E-state index contributed by atoms with van der Waals surface area (Å²) in [7, 11) is 0. The van der Waals surface area contributed by atoms with Crippen molar-refractivity contribution in [2.24, 2.45) is 5.11 Å². The summed E-state index contributed by atoms with van der Waals surface area (Å²) in [6.07, 6.45) is 0. The van der Waals surface area contributed by atoms with Crippen LogP contribution in [0.3, 0.4) is 0 Å². The van der Waals surface area contributed by atoms with Crippen LogP contribution in [0.5, 0.6) is 23.0 Å². The normalized spacial score (nSPS) is 16.1. The molecule has 2 heterocycles. The first-order chi connectivity index (χ1) is 11.3. The largest absolute Gasteiger partial charge is 0.594 e. The molecule has 0 saturated carbocycles. The second-order valence-corrected chi connectivity index (χ2v) is 5.03. The van der Waals surface area contributed by atoms with Crippen molar-refractivity contribution in [3.05, 3.63) is 41.6 Å². The summed E-state index contributed by atoms with van der Waals surface area (Å²) in [5, 5.41) is 16.3. The molecule has 7 heteroatoms. The van der Waals surface area contributed by atoms with Crippen LogP contribution >= 0.6 is 0 Å². The molecule has 0 amide bonds. The van der Waals surface area contributed by atoms with Crippen LogP contribution in [0.2, 0.25) is 0 Å². The van der Waals surface area contributed by atoms with Gasteiger partial charge in [0.25, 0.3) is 0 Å². The molecule has 2 aliphatic rings. The summed E-state index contributed by atoms with van der Waals surface area (Å²) in [5.41, 5.74) is 0.850. The number of fused-ring (bicyclic) bond motifs is 2. The molecule has 0 saturated heterocycles. The smallest absolute Gasteiger partial charge is 0.248 e. The third-order valence-corrected chi connectivity index (χ3v) is 3.48. The Labute approximate surface area is 132 Å². The molecule has 2 aromatic rings. The first-order valence-corrected chi connectivity index (χ1v) is 7.28. The fourth-order valence-electron chi connectivity index (χ4n) is 2.41. The van der Waals surface area contributed by atoms with E-state index in [0.717, 1.165) is 0 Å². The Kier molecular flexibility index (Phi) is 3.38. The van der Waals surface area contributed by atoms with Crippen LogP contribution in [0.25, 0.3) is 0 Å². The molecule has 0 fully saturated rings. The second kappa shape index (κ2) is 5.68. The van der Waals surface area contributed by atoms with E-state index in [0.29, 0.717) is 65.7 Å². The minimum Gasteiger partial charge on any atom is -0.594 e. The Morgan fingerprint density at radius 1 is 0.739 bits per heavy atom. The van der Waals surface area contributed by atoms with Crippen molar-refractivity contribution in [3.63, 3.8) is 0 Å². The van der Waals surface area contributed by atoms with E-state index in [2.05, 4.69) is 5.11 Å². The molecule has 118 valence electrons. The van der Waals surface area contributed by atoms with Gasteiger partial charge in [0.05, 0.1) is 6.07 Å². The Morgan fingerprint density at radius 3 is 2.00 bits per heavy atom. The molecule has 0 unspecified atom stereocenters. The van der Waals surface area contributed by atoms with Gasteiger partial charge in [-0.2, -0.15) is 0 Å². The van der Waals surface area contributed by atoms with E-state index < -0.39 is 0 Å². The first-order valence-electron chi connectivity index (χ1n) is 7.28. The second-order valence-electron chi connectivity index (χ2n) is 5.03. The van der Waals surface area contributed by atoms with Gasteiger partial charge in [-0.05, 0) is 23.1 Å². The number of benzene rings is 2. The molecule has 0 N–H and O–H groups in total. The van der Waals surface area contributed by atoms with Gasteiger partial charge in [-0.25, -0.2) is 0 Å². The molecule has 0 aromatic heterocycles. The zero-order valence-corrected chi connectivity index (χ0v) is 12.2. The highest BCUT2D eigenvalue weighted by Crippen LogP contribution is 2.36. The van der Waals surface area contributed by atoms with Crippen LogP contribution in [0, 0.1) is 5.21 Å². The van der Waals surface area contributed by atoms with Gasteiger partial charge in [0.1, 0.15) is 32.1 Å². The van der Waals surface area contributed by atoms with Crippen molar-refractivity contribution in [1.29, 1.82) is 0 Å². The van der Waals surface area contributed by atoms with Crippen LogP contribution < -0.4 is 18.9 Å². The van der Waals surface area contributed by atoms with Crippen molar-refractivity contribution in [2.45, 2.75) is 0 Å². The molecule has 4 rings (SSSR count). The SMILES string of the molecule is [O-][N+](=Nc1ccc2c(c1)OCCO2)c1ccc2c(c1)OCCO2. The van der Waals surface area contributed by atoms with Gasteiger partial charge in [-0.3, -0.25) is 0 Å². The minimum atomic E-state index is 0.365. The van der Waals surface area contributed by atoms with Crippen LogP contribution in [0.15, 0.2) is 41.5 Å². The Balaban J connectivity index is 1.63. The number of hydrogen-bond acceptors (Lipinski definition) is 6. The van der Waals surface area contributed by atoms with Crippen molar-refractivity contribution in [3.8, 4) is 23.0 Å². The quantitative estimate of drug-likeness (QED) is 0.483. The van der Waals surface area contributed by atoms with Gasteiger partial charge >= 0.3 is 0 Å². The maximum atomic E-state index is 12.2. The average Bonchev–Trinajstić information content (AvgIpc) is 2.61. The van der Waals surface area contributed by atoms with E-state index in [1.807, 2.05) is 0 Å². The summed E-state index contributed by atoms with van der Waals surface area (Å²) in [6, 6.07) is 10.1. The number of nitrogens with zero attached hydrogens (tertiary/aromatic N) is 2. The minimum absolute atomic E-state index is 0.365. The van der Waals surface area contributed by atoms with Gasteiger partial charge in [0.15, 0.2) is 23.0 Å². The summed E-state index contributed by atoms with van der Waals surface area (Å²) >= 11 is 0. The van der Waals surface area contributed by atoms with Gasteiger partial charge < -0.3 is 24.2 Å². The van der Waals surface area contributed by atoms with Crippen LogP contribution in [-0.4, -0.2) is 31.3 Å². The van der Waals surface area contributed by atoms with Crippen LogP contribution in [-0.2, 0) is 0 Å². The highest BCUT2D eigenvalue weighted by molar-refractivity contribution is 5.52. The lowest BCUT2D eigenvalue weighted by Crippen LogP contribution is -2.15. The Bertz CT molecular complexity index is 775. The van der Waals surface area contributed by atoms with E-state index >= 15 is 0 Å². The van der Waals surface area contributed by atoms with Gasteiger partial charge in [-0.15, -0.1) is 0 Å². The summed E-state index contributed by atoms with van der Waals surface area (Å²) < 4.78 is 21.8. The van der Waals surface area contributed by atoms with E-state index in [9.17, 15) is 5.21 Å². The number of rotatable bonds is 2. The summed E-state index contributed by atoms with van der Waals surface area (Å²) in [5.74, 6) is 2.43. The van der Waals surface area contributed by atoms with Gasteiger partial charge in [0.2, 0.25) is 5.69 Å². The predicted octanol–water partition coefficient (Wildman–Crippen LogP) is 3.15. The lowest BCUT2D eigenvalue weighted by atomic mass is 10.2. The first kappa shape index (κ1) is 13.7. The van der Waals surface area contributed by atoms with Crippen molar-refractivity contribution < 1.29 is 23.8 Å². The monoisotopic (exact) mass is 314 g/mol. The summed E-state index contributed by atoms with van der Waals surface area (Å²) in [4.78, 5) is 0.545. The zero-order valence-electron chi connectivity index (χ0n) is 12.2. The lowest BCUT2D eigenvalue weighted by Gasteiger charge is -2.18. The van der Waals surface area contributed by atoms with Gasteiger partial charge in [-0.1, -0.05) is 0 Å². The maximum absolute atomic E-state index is 12.2. The standard InChI is InChI=1S/C16H14N2O5/c19-18(12-2-4-14-16(10-12)23-8-6-21-14)17-11-1-3-13-15(9-11)22-7-5-20-13/h1-4,9-10H,5-8H2. The van der Waals surface area contributed by atoms with E-state index in [-0.39, 0.29) is 0 Å². The van der Waals surface area contributed by atoms with Crippen molar-refractivity contribution in [1.82, 2.24) is 0 Å². The molecule has 0 atom stereocenters. The average molecular weight is 314 g/mol. The fraction of sp³-hybridized carbons (Fsp3) is 0.250. The molecule has 2 aromatic carbocycles. The third kappa shape index (κ3) is 2.73. The van der Waals surface area contributed by atoms with Gasteiger partial charge in [0, 0.05) is 17.2 Å². The molecule has 2 aliphatic heterocycles. The van der Waals surface area contributed by atoms with Crippen LogP contribution in [0.1, 0.15) is 0 Å². The van der Waals surface area contributed by atoms with Crippen molar-refractivity contribution in [2.75, 3.05) is 26.4 Å². The van der Waals surface area contributed by atoms with Crippen LogP contribution in [0.4, 0.5) is 11.4 Å². The topological polar surface area (TPSA) is 75.4 Å². The van der Waals surface area contributed by atoms with E-state index in [1.165, 1.54) is 0 Å². The third-order valence-electron chi connectivity index (χ3n) is 3.48. The highest BCUT2D eigenvalue weighted by Gasteiger charge is 2.17. The Hall–Kier alpha value is -2.96. The molecule has 0 aliphatic carbocycles. The van der Waals surface area contributed by atoms with Crippen molar-refractivity contribution >= 4 is 11.4 Å². The van der Waals surface area contributed by atoms with E-state index in [1.54, 1.807) is 36.4 Å². The number of ether oxygens (including phenoxy) is 4. The molecule has 7 nitrogen and oxygen atoms in total. The molecule has 23 heavy (non-hydrogen) atoms. The fourth-order valence-corrected chi connectivity index (χ4v) is 2.41. The van der Waals surface area contributed by atoms with E-state index in [4.69, 9.17) is 18.9 Å². The molecule has 0 spiro atoms. The lowest BCUT2D eigenvalue weighted by molar-refractivity contribution is -0.435. The molecular formula is C16H14N2O5. The number of azo groups is 1. The summed E-state index contributed by atoms with van der Waals surface area (Å²) in [6.45, 7) is 1.98. The maximum Gasteiger partial charge on any atom is 0.248 e. The molecular weight excluding hydrogens is 300 g/mol. The molecule has 0 radical (unpaired) electrons.